The predicted molar refractivity (Wildman–Crippen MR) is 132 cm³/mol. The molecule has 0 saturated heterocycles. The molecule has 36 heavy (non-hydrogen) atoms. The summed E-state index contributed by atoms with van der Waals surface area (Å²) < 4.78 is 5.25. The zero-order valence-corrected chi connectivity index (χ0v) is 19.3. The minimum Gasteiger partial charge on any atom is -0.394 e. The lowest BCUT2D eigenvalue weighted by atomic mass is 10.1. The molecule has 12 nitrogen and oxygen atoms in total. The summed E-state index contributed by atoms with van der Waals surface area (Å²) in [6.07, 6.45) is 0. The van der Waals surface area contributed by atoms with E-state index in [4.69, 9.17) is 9.84 Å². The number of nitrogens with zero attached hydrogens (tertiary/aromatic N) is 6. The number of nitriles is 2. The first kappa shape index (κ1) is 25.7. The molecule has 3 rings (SSSR count). The van der Waals surface area contributed by atoms with Crippen molar-refractivity contribution in [3.63, 3.8) is 0 Å². The van der Waals surface area contributed by atoms with E-state index in [9.17, 15) is 20.6 Å². The number of nitro groups is 1. The molecule has 2 aromatic carbocycles. The second-order valence-corrected chi connectivity index (χ2v) is 7.29. The molecule has 3 N–H and O–H groups in total. The highest BCUT2D eigenvalue weighted by molar-refractivity contribution is 5.77. The predicted octanol–water partition coefficient (Wildman–Crippen LogP) is 4.62. The zero-order valence-electron chi connectivity index (χ0n) is 19.3. The minimum absolute atomic E-state index is 0.0159. The lowest BCUT2D eigenvalue weighted by molar-refractivity contribution is -0.384. The number of nitro benzene ring substituents is 1. The van der Waals surface area contributed by atoms with Crippen LogP contribution in [0.3, 0.4) is 0 Å². The normalized spacial score (nSPS) is 10.6. The summed E-state index contributed by atoms with van der Waals surface area (Å²) in [5.41, 5.74) is 1.59. The van der Waals surface area contributed by atoms with Gasteiger partial charge < -0.3 is 20.5 Å². The third-order valence-corrected chi connectivity index (χ3v) is 4.91. The quantitative estimate of drug-likeness (QED) is 0.151. The molecule has 0 atom stereocenters. The van der Waals surface area contributed by atoms with Crippen molar-refractivity contribution < 1.29 is 14.8 Å². The van der Waals surface area contributed by atoms with E-state index in [1.165, 1.54) is 12.1 Å². The van der Waals surface area contributed by atoms with Gasteiger partial charge in [-0.15, -0.1) is 10.2 Å². The van der Waals surface area contributed by atoms with E-state index >= 15 is 0 Å². The Labute approximate surface area is 206 Å². The van der Waals surface area contributed by atoms with Crippen molar-refractivity contribution in [2.75, 3.05) is 37.0 Å². The highest BCUT2D eigenvalue weighted by atomic mass is 16.6. The first-order chi connectivity index (χ1) is 17.5. The first-order valence-corrected chi connectivity index (χ1v) is 10.8. The summed E-state index contributed by atoms with van der Waals surface area (Å²) in [7, 11) is 0. The lowest BCUT2D eigenvalue weighted by Crippen LogP contribution is -2.14. The van der Waals surface area contributed by atoms with Crippen molar-refractivity contribution in [2.24, 2.45) is 10.2 Å². The van der Waals surface area contributed by atoms with Crippen molar-refractivity contribution >= 4 is 34.4 Å². The number of aliphatic hydroxyl groups excluding tert-OH is 1. The maximum Gasteiger partial charge on any atom is 0.270 e. The molecule has 0 bridgehead atoms. The van der Waals surface area contributed by atoms with Crippen molar-refractivity contribution in [3.8, 4) is 12.1 Å². The number of rotatable bonds is 11. The fourth-order valence-electron chi connectivity index (χ4n) is 3.15. The van der Waals surface area contributed by atoms with Crippen LogP contribution in [0.4, 0.5) is 34.4 Å². The van der Waals surface area contributed by atoms with Gasteiger partial charge in [0.2, 0.25) is 0 Å². The molecule has 0 saturated carbocycles. The molecule has 0 radical (unpaired) electrons. The minimum atomic E-state index is -0.600. The fraction of sp³-hybridized carbons (Fsp3) is 0.208. The van der Waals surface area contributed by atoms with Gasteiger partial charge in [0.15, 0.2) is 5.82 Å². The third-order valence-electron chi connectivity index (χ3n) is 4.91. The van der Waals surface area contributed by atoms with Gasteiger partial charge in [-0.25, -0.2) is 4.98 Å². The largest absolute Gasteiger partial charge is 0.394 e. The number of azo groups is 1. The van der Waals surface area contributed by atoms with Crippen LogP contribution in [0.2, 0.25) is 0 Å². The molecular weight excluding hydrogens is 464 g/mol. The summed E-state index contributed by atoms with van der Waals surface area (Å²) in [6.45, 7) is 2.45. The molecule has 0 unspecified atom stereocenters. The molecule has 0 aliphatic rings. The molecule has 182 valence electrons. The maximum atomic E-state index is 11.0. The summed E-state index contributed by atoms with van der Waals surface area (Å²) in [6, 6.07) is 16.9. The van der Waals surface area contributed by atoms with Gasteiger partial charge in [-0.3, -0.25) is 10.1 Å². The van der Waals surface area contributed by atoms with Crippen LogP contribution in [-0.2, 0) is 4.74 Å². The molecular formula is C24H22N8O4. The monoisotopic (exact) mass is 486 g/mol. The third kappa shape index (κ3) is 6.36. The summed E-state index contributed by atoms with van der Waals surface area (Å²) in [5.74, 6) is 0.619. The van der Waals surface area contributed by atoms with Crippen LogP contribution >= 0.6 is 0 Å². The van der Waals surface area contributed by atoms with Crippen LogP contribution in [0, 0.1) is 39.7 Å². The Morgan fingerprint density at radius 1 is 1.11 bits per heavy atom. The van der Waals surface area contributed by atoms with Crippen LogP contribution in [0.25, 0.3) is 0 Å². The number of ether oxygens (including phenoxy) is 1. The van der Waals surface area contributed by atoms with E-state index in [1.54, 1.807) is 6.92 Å². The molecule has 0 amide bonds. The molecule has 0 fully saturated rings. The summed E-state index contributed by atoms with van der Waals surface area (Å²) >= 11 is 0. The van der Waals surface area contributed by atoms with Crippen LogP contribution in [0.5, 0.6) is 0 Å². The number of para-hydroxylation sites is 1. The molecule has 1 heterocycles. The van der Waals surface area contributed by atoms with Crippen LogP contribution in [0.15, 0.2) is 58.8 Å². The second-order valence-electron chi connectivity index (χ2n) is 7.29. The Kier molecular flexibility index (Phi) is 8.94. The van der Waals surface area contributed by atoms with Gasteiger partial charge in [-0.05, 0) is 25.1 Å². The highest BCUT2D eigenvalue weighted by Gasteiger charge is 2.18. The topological polar surface area (TPSA) is 182 Å². The Bertz CT molecular complexity index is 1350. The number of hydrogen-bond acceptors (Lipinski definition) is 11. The average molecular weight is 486 g/mol. The Morgan fingerprint density at radius 2 is 1.89 bits per heavy atom. The lowest BCUT2D eigenvalue weighted by Gasteiger charge is -2.15. The van der Waals surface area contributed by atoms with Gasteiger partial charge in [0.25, 0.3) is 5.69 Å². The summed E-state index contributed by atoms with van der Waals surface area (Å²) in [4.78, 5) is 15.0. The first-order valence-electron chi connectivity index (χ1n) is 10.8. The molecule has 0 spiro atoms. The smallest absolute Gasteiger partial charge is 0.270 e. The van der Waals surface area contributed by atoms with Crippen molar-refractivity contribution in [3.05, 3.63) is 75.3 Å². The maximum absolute atomic E-state index is 11.0. The standard InChI is InChI=1S/C24H22N8O4/c1-16-20(15-26)23(27-9-11-36-12-10-33)29-24(28-18-5-3-2-4-6-18)22(16)31-30-21-8-7-19(32(34)35)13-17(21)14-25/h2-8,13,33H,9-12H2,1H3,(H2,27,28,29)/b31-30+. The number of aromatic nitrogens is 1. The second kappa shape index (κ2) is 12.5. The van der Waals surface area contributed by atoms with E-state index in [1.807, 2.05) is 36.4 Å². The van der Waals surface area contributed by atoms with Crippen molar-refractivity contribution in [2.45, 2.75) is 6.92 Å². The highest BCUT2D eigenvalue weighted by Crippen LogP contribution is 2.37. The molecule has 0 aliphatic carbocycles. The number of nitrogens with one attached hydrogen (secondary N) is 2. The number of hydrogen-bond donors (Lipinski definition) is 3. The van der Waals surface area contributed by atoms with Gasteiger partial charge in [-0.2, -0.15) is 10.5 Å². The van der Waals surface area contributed by atoms with E-state index in [-0.39, 0.29) is 41.4 Å². The van der Waals surface area contributed by atoms with E-state index in [2.05, 4.69) is 31.9 Å². The van der Waals surface area contributed by atoms with Gasteiger partial charge in [0.1, 0.15) is 29.3 Å². The number of benzene rings is 2. The summed E-state index contributed by atoms with van der Waals surface area (Å²) in [5, 5.41) is 53.7. The van der Waals surface area contributed by atoms with Gasteiger partial charge in [0.05, 0.1) is 35.9 Å². The van der Waals surface area contributed by atoms with Gasteiger partial charge in [-0.1, -0.05) is 18.2 Å². The number of anilines is 3. The number of pyridine rings is 1. The van der Waals surface area contributed by atoms with Crippen LogP contribution in [-0.4, -0.2) is 41.4 Å². The van der Waals surface area contributed by atoms with E-state index < -0.39 is 4.92 Å². The Balaban J connectivity index is 2.03. The molecule has 1 aromatic heterocycles. The fourth-order valence-corrected chi connectivity index (χ4v) is 3.15. The molecule has 0 aliphatic heterocycles. The Morgan fingerprint density at radius 3 is 2.56 bits per heavy atom. The number of non-ortho nitro benzene ring substituents is 1. The Hall–Kier alpha value is -4.91. The molecule has 3 aromatic rings. The molecule has 12 heteroatoms. The van der Waals surface area contributed by atoms with Crippen molar-refractivity contribution in [1.29, 1.82) is 10.5 Å². The average Bonchev–Trinajstić information content (AvgIpc) is 2.88. The number of aliphatic hydroxyl groups is 1. The van der Waals surface area contributed by atoms with Gasteiger partial charge >= 0.3 is 0 Å². The van der Waals surface area contributed by atoms with E-state index in [0.717, 1.165) is 11.8 Å². The van der Waals surface area contributed by atoms with Crippen LogP contribution in [0.1, 0.15) is 16.7 Å². The zero-order chi connectivity index (χ0) is 25.9. The van der Waals surface area contributed by atoms with Crippen LogP contribution < -0.4 is 10.6 Å². The SMILES string of the molecule is Cc1c(C#N)c(NCCOCCO)nc(Nc2ccccc2)c1/N=N/c1ccc([N+](=O)[O-])cc1C#N. The van der Waals surface area contributed by atoms with Crippen molar-refractivity contribution in [1.82, 2.24) is 4.98 Å². The van der Waals surface area contributed by atoms with E-state index in [0.29, 0.717) is 30.4 Å². The van der Waals surface area contributed by atoms with Gasteiger partial charge in [0, 0.05) is 29.9 Å².